The van der Waals surface area contributed by atoms with E-state index in [1.54, 1.807) is 26.0 Å². The molecule has 0 aliphatic carbocycles. The van der Waals surface area contributed by atoms with Gasteiger partial charge in [0.1, 0.15) is 6.54 Å². The largest absolute Gasteiger partial charge is 0.462 e. The Balaban J connectivity index is 2.51. The quantitative estimate of drug-likeness (QED) is 0.611. The molecule has 0 heterocycles. The van der Waals surface area contributed by atoms with Gasteiger partial charge in [0.25, 0.3) is 10.0 Å². The second-order valence-corrected chi connectivity index (χ2v) is 8.72. The molecule has 140 valence electrons. The number of benzene rings is 2. The van der Waals surface area contributed by atoms with Gasteiger partial charge in [-0.25, -0.2) is 8.42 Å². The second kappa shape index (κ2) is 8.48. The second-order valence-electron chi connectivity index (χ2n) is 5.61. The van der Waals surface area contributed by atoms with Crippen molar-refractivity contribution in [2.45, 2.75) is 24.8 Å². The monoisotopic (exact) mass is 435 g/mol. The predicted molar refractivity (Wildman–Crippen MR) is 104 cm³/mol. The number of hydrogen-bond acceptors (Lipinski definition) is 4. The summed E-state index contributed by atoms with van der Waals surface area (Å²) in [5.74, 6) is -0.691. The molecule has 0 saturated carbocycles. The Morgan fingerprint density at radius 1 is 1.08 bits per heavy atom. The van der Waals surface area contributed by atoms with E-state index in [1.165, 1.54) is 30.3 Å². The van der Waals surface area contributed by atoms with Gasteiger partial charge in [-0.1, -0.05) is 40.9 Å². The summed E-state index contributed by atoms with van der Waals surface area (Å²) < 4.78 is 32.2. The van der Waals surface area contributed by atoms with E-state index >= 15 is 0 Å². The highest BCUT2D eigenvalue weighted by atomic mass is 35.5. The average molecular weight is 437 g/mol. The molecule has 0 amide bonds. The van der Waals surface area contributed by atoms with Crippen LogP contribution in [0.25, 0.3) is 0 Å². The summed E-state index contributed by atoms with van der Waals surface area (Å²) >= 11 is 17.8. The average Bonchev–Trinajstić information content (AvgIpc) is 2.54. The fourth-order valence-electron chi connectivity index (χ4n) is 2.13. The summed E-state index contributed by atoms with van der Waals surface area (Å²) in [4.78, 5) is 12.0. The summed E-state index contributed by atoms with van der Waals surface area (Å²) in [6.45, 7) is 2.84. The Kier molecular flexibility index (Phi) is 6.80. The van der Waals surface area contributed by atoms with E-state index in [1.807, 2.05) is 0 Å². The first-order chi connectivity index (χ1) is 12.1. The third-order valence-electron chi connectivity index (χ3n) is 3.22. The van der Waals surface area contributed by atoms with Crippen molar-refractivity contribution in [2.24, 2.45) is 0 Å². The van der Waals surface area contributed by atoms with E-state index in [2.05, 4.69) is 0 Å². The van der Waals surface area contributed by atoms with Crippen molar-refractivity contribution < 1.29 is 17.9 Å². The number of carbonyl (C=O) groups is 1. The molecule has 9 heteroatoms. The van der Waals surface area contributed by atoms with Crippen LogP contribution in [-0.2, 0) is 19.6 Å². The van der Waals surface area contributed by atoms with Crippen LogP contribution in [0, 0.1) is 0 Å². The van der Waals surface area contributed by atoms with Crippen LogP contribution in [-0.4, -0.2) is 27.0 Å². The highest BCUT2D eigenvalue weighted by Gasteiger charge is 2.28. The normalized spacial score (nSPS) is 11.5. The van der Waals surface area contributed by atoms with Crippen LogP contribution in [0.3, 0.4) is 0 Å². The molecule has 0 fully saturated rings. The molecule has 0 atom stereocenters. The van der Waals surface area contributed by atoms with Gasteiger partial charge in [-0.15, -0.1) is 0 Å². The number of hydrogen-bond donors (Lipinski definition) is 0. The molecule has 5 nitrogen and oxygen atoms in total. The Bertz CT molecular complexity index is 916. The predicted octanol–water partition coefficient (Wildman–Crippen LogP) is 4.79. The van der Waals surface area contributed by atoms with Gasteiger partial charge in [-0.05, 0) is 50.2 Å². The van der Waals surface area contributed by atoms with Crippen LogP contribution in [0.4, 0.5) is 5.69 Å². The maximum absolute atomic E-state index is 13.1. The Morgan fingerprint density at radius 3 is 2.35 bits per heavy atom. The molecule has 0 spiro atoms. The standard InChI is InChI=1S/C17H16Cl3NO4S/c1-11(2)25-17(22)10-21(13-5-3-4-12(18)8-13)26(23,24)14-6-7-15(19)16(20)9-14/h3-9,11H,10H2,1-2H3. The van der Waals surface area contributed by atoms with Crippen molar-refractivity contribution in [2.75, 3.05) is 10.8 Å². The minimum Gasteiger partial charge on any atom is -0.462 e. The number of anilines is 1. The SMILES string of the molecule is CC(C)OC(=O)CN(c1cccc(Cl)c1)S(=O)(=O)c1ccc(Cl)c(Cl)c1. The summed E-state index contributed by atoms with van der Waals surface area (Å²) in [6, 6.07) is 10.1. The molecular formula is C17H16Cl3NO4S. The summed E-state index contributed by atoms with van der Waals surface area (Å²) in [5, 5.41) is 0.636. The lowest BCUT2D eigenvalue weighted by atomic mass is 10.3. The molecule has 2 rings (SSSR count). The molecular weight excluding hydrogens is 421 g/mol. The highest BCUT2D eigenvalue weighted by molar-refractivity contribution is 7.92. The minimum atomic E-state index is -4.11. The van der Waals surface area contributed by atoms with Gasteiger partial charge in [0.15, 0.2) is 0 Å². The zero-order valence-corrected chi connectivity index (χ0v) is 17.0. The van der Waals surface area contributed by atoms with Crippen molar-refractivity contribution in [1.82, 2.24) is 0 Å². The fourth-order valence-corrected chi connectivity index (χ4v) is 4.10. The zero-order valence-electron chi connectivity index (χ0n) is 13.9. The molecule has 2 aromatic rings. The first kappa shape index (κ1) is 20.8. The van der Waals surface area contributed by atoms with E-state index in [9.17, 15) is 13.2 Å². The van der Waals surface area contributed by atoms with E-state index in [-0.39, 0.29) is 26.7 Å². The van der Waals surface area contributed by atoms with Crippen LogP contribution in [0.2, 0.25) is 15.1 Å². The third-order valence-corrected chi connectivity index (χ3v) is 5.96. The lowest BCUT2D eigenvalue weighted by Gasteiger charge is -2.24. The Labute approximate surface area is 167 Å². The van der Waals surface area contributed by atoms with Crippen molar-refractivity contribution in [3.63, 3.8) is 0 Å². The van der Waals surface area contributed by atoms with Gasteiger partial charge in [-0.2, -0.15) is 0 Å². The molecule has 0 N–H and O–H groups in total. The van der Waals surface area contributed by atoms with Gasteiger partial charge in [0.05, 0.1) is 26.7 Å². The van der Waals surface area contributed by atoms with Gasteiger partial charge in [0, 0.05) is 5.02 Å². The molecule has 0 aromatic heterocycles. The summed E-state index contributed by atoms with van der Waals surface area (Å²) in [5.41, 5.74) is 0.226. The van der Waals surface area contributed by atoms with Gasteiger partial charge in [-0.3, -0.25) is 9.10 Å². The third kappa shape index (κ3) is 5.04. The lowest BCUT2D eigenvalue weighted by molar-refractivity contribution is -0.145. The number of sulfonamides is 1. The first-order valence-electron chi connectivity index (χ1n) is 7.54. The fraction of sp³-hybridized carbons (Fsp3) is 0.235. The van der Waals surface area contributed by atoms with Crippen LogP contribution in [0.5, 0.6) is 0 Å². The molecule has 0 radical (unpaired) electrons. The maximum Gasteiger partial charge on any atom is 0.327 e. The number of halogens is 3. The van der Waals surface area contributed by atoms with Crippen LogP contribution < -0.4 is 4.31 Å². The topological polar surface area (TPSA) is 63.7 Å². The van der Waals surface area contributed by atoms with Crippen LogP contribution in [0.15, 0.2) is 47.4 Å². The highest BCUT2D eigenvalue weighted by Crippen LogP contribution is 2.30. The molecule has 2 aromatic carbocycles. The van der Waals surface area contributed by atoms with Crippen molar-refractivity contribution in [1.29, 1.82) is 0 Å². The summed E-state index contributed by atoms with van der Waals surface area (Å²) in [6.07, 6.45) is -0.378. The van der Waals surface area contributed by atoms with Crippen LogP contribution >= 0.6 is 34.8 Å². The van der Waals surface area contributed by atoms with Gasteiger partial charge >= 0.3 is 5.97 Å². The van der Waals surface area contributed by atoms with Crippen molar-refractivity contribution in [3.05, 3.63) is 57.5 Å². The molecule has 0 aliphatic rings. The molecule has 0 unspecified atom stereocenters. The van der Waals surface area contributed by atoms with Crippen LogP contribution in [0.1, 0.15) is 13.8 Å². The Hall–Kier alpha value is -1.47. The molecule has 0 saturated heterocycles. The first-order valence-corrected chi connectivity index (χ1v) is 10.1. The number of ether oxygens (including phenoxy) is 1. The smallest absolute Gasteiger partial charge is 0.327 e. The van der Waals surface area contributed by atoms with E-state index in [4.69, 9.17) is 39.5 Å². The zero-order chi connectivity index (χ0) is 19.5. The minimum absolute atomic E-state index is 0.0866. The Morgan fingerprint density at radius 2 is 1.77 bits per heavy atom. The lowest BCUT2D eigenvalue weighted by Crippen LogP contribution is -2.37. The number of carbonyl (C=O) groups excluding carboxylic acids is 1. The van der Waals surface area contributed by atoms with E-state index < -0.39 is 22.5 Å². The number of nitrogens with zero attached hydrogens (tertiary/aromatic N) is 1. The van der Waals surface area contributed by atoms with Crippen molar-refractivity contribution in [3.8, 4) is 0 Å². The van der Waals surface area contributed by atoms with E-state index in [0.29, 0.717) is 5.02 Å². The molecule has 26 heavy (non-hydrogen) atoms. The maximum atomic E-state index is 13.1. The summed E-state index contributed by atoms with van der Waals surface area (Å²) in [7, 11) is -4.11. The number of rotatable bonds is 6. The molecule has 0 aliphatic heterocycles. The number of esters is 1. The molecule has 0 bridgehead atoms. The van der Waals surface area contributed by atoms with Crippen molar-refractivity contribution >= 4 is 56.5 Å². The van der Waals surface area contributed by atoms with Gasteiger partial charge in [0.2, 0.25) is 0 Å². The van der Waals surface area contributed by atoms with Gasteiger partial charge < -0.3 is 4.74 Å². The van der Waals surface area contributed by atoms with E-state index in [0.717, 1.165) is 4.31 Å².